The SMILES string of the molecule is CC(C)(C)Nc1nc(Nc2ccc(N3CCOCC3)cc2)cc(-c2ccccc2)n1. The highest BCUT2D eigenvalue weighted by molar-refractivity contribution is 5.68. The average Bonchev–Trinajstić information content (AvgIpc) is 2.74. The fourth-order valence-electron chi connectivity index (χ4n) is 3.38. The first-order valence-electron chi connectivity index (χ1n) is 10.4. The number of nitrogens with zero attached hydrogens (tertiary/aromatic N) is 3. The minimum atomic E-state index is -0.133. The van der Waals surface area contributed by atoms with Crippen LogP contribution in [0.3, 0.4) is 0 Å². The first-order chi connectivity index (χ1) is 14.5. The van der Waals surface area contributed by atoms with Gasteiger partial charge in [-0.25, -0.2) is 4.98 Å². The lowest BCUT2D eigenvalue weighted by atomic mass is 10.1. The molecule has 0 atom stereocenters. The van der Waals surface area contributed by atoms with Crippen LogP contribution in [0, 0.1) is 0 Å². The van der Waals surface area contributed by atoms with Gasteiger partial charge in [0, 0.05) is 41.6 Å². The predicted molar refractivity (Wildman–Crippen MR) is 124 cm³/mol. The Morgan fingerprint density at radius 2 is 1.60 bits per heavy atom. The summed E-state index contributed by atoms with van der Waals surface area (Å²) in [5.74, 6) is 1.37. The van der Waals surface area contributed by atoms with Crippen LogP contribution in [0.2, 0.25) is 0 Å². The van der Waals surface area contributed by atoms with Gasteiger partial charge in [-0.15, -0.1) is 0 Å². The highest BCUT2D eigenvalue weighted by Gasteiger charge is 2.14. The summed E-state index contributed by atoms with van der Waals surface area (Å²) < 4.78 is 5.44. The van der Waals surface area contributed by atoms with Crippen LogP contribution < -0.4 is 15.5 Å². The second-order valence-corrected chi connectivity index (χ2v) is 8.47. The number of hydrogen-bond donors (Lipinski definition) is 2. The molecule has 1 aromatic heterocycles. The third-order valence-electron chi connectivity index (χ3n) is 4.80. The van der Waals surface area contributed by atoms with Crippen molar-refractivity contribution in [1.29, 1.82) is 0 Å². The molecule has 1 fully saturated rings. The van der Waals surface area contributed by atoms with E-state index in [1.54, 1.807) is 0 Å². The third kappa shape index (κ3) is 5.27. The molecule has 0 aliphatic carbocycles. The minimum Gasteiger partial charge on any atom is -0.378 e. The van der Waals surface area contributed by atoms with E-state index in [0.717, 1.165) is 49.1 Å². The van der Waals surface area contributed by atoms with Crippen LogP contribution in [0.4, 0.5) is 23.1 Å². The summed E-state index contributed by atoms with van der Waals surface area (Å²) >= 11 is 0. The van der Waals surface area contributed by atoms with Gasteiger partial charge in [-0.3, -0.25) is 0 Å². The van der Waals surface area contributed by atoms with Crippen molar-refractivity contribution in [2.75, 3.05) is 41.8 Å². The van der Waals surface area contributed by atoms with Crippen LogP contribution in [0.5, 0.6) is 0 Å². The topological polar surface area (TPSA) is 62.3 Å². The Kier molecular flexibility index (Phi) is 5.86. The number of nitrogens with one attached hydrogen (secondary N) is 2. The van der Waals surface area contributed by atoms with Crippen molar-refractivity contribution in [2.45, 2.75) is 26.3 Å². The van der Waals surface area contributed by atoms with Gasteiger partial charge in [0.2, 0.25) is 5.95 Å². The summed E-state index contributed by atoms with van der Waals surface area (Å²) in [4.78, 5) is 11.8. The minimum absolute atomic E-state index is 0.133. The van der Waals surface area contributed by atoms with Crippen LogP contribution in [0.15, 0.2) is 60.7 Å². The van der Waals surface area contributed by atoms with E-state index in [-0.39, 0.29) is 5.54 Å². The Labute approximate surface area is 178 Å². The number of ether oxygens (including phenoxy) is 1. The summed E-state index contributed by atoms with van der Waals surface area (Å²) in [6.45, 7) is 9.73. The van der Waals surface area contributed by atoms with E-state index in [0.29, 0.717) is 5.95 Å². The Morgan fingerprint density at radius 1 is 0.900 bits per heavy atom. The maximum atomic E-state index is 5.44. The summed E-state index contributed by atoms with van der Waals surface area (Å²) in [6, 6.07) is 20.6. The molecule has 0 unspecified atom stereocenters. The number of morpholine rings is 1. The zero-order valence-electron chi connectivity index (χ0n) is 17.9. The van der Waals surface area contributed by atoms with Crippen LogP contribution in [-0.4, -0.2) is 41.8 Å². The maximum absolute atomic E-state index is 5.44. The van der Waals surface area contributed by atoms with Gasteiger partial charge in [0.1, 0.15) is 5.82 Å². The molecule has 2 N–H and O–H groups in total. The molecule has 2 heterocycles. The summed E-state index contributed by atoms with van der Waals surface area (Å²) in [5.41, 5.74) is 4.01. The second-order valence-electron chi connectivity index (χ2n) is 8.47. The van der Waals surface area contributed by atoms with Gasteiger partial charge in [0.15, 0.2) is 0 Å². The Morgan fingerprint density at radius 3 is 2.27 bits per heavy atom. The van der Waals surface area contributed by atoms with E-state index >= 15 is 0 Å². The molecule has 30 heavy (non-hydrogen) atoms. The Hall–Kier alpha value is -3.12. The van der Waals surface area contributed by atoms with E-state index in [4.69, 9.17) is 14.7 Å². The lowest BCUT2D eigenvalue weighted by Gasteiger charge is -2.29. The van der Waals surface area contributed by atoms with Gasteiger partial charge < -0.3 is 20.3 Å². The first-order valence-corrected chi connectivity index (χ1v) is 10.4. The molecule has 0 amide bonds. The van der Waals surface area contributed by atoms with E-state index in [2.05, 4.69) is 72.7 Å². The molecular weight excluding hydrogens is 374 g/mol. The monoisotopic (exact) mass is 403 g/mol. The molecule has 6 heteroatoms. The van der Waals surface area contributed by atoms with Gasteiger partial charge in [-0.05, 0) is 45.0 Å². The molecular formula is C24H29N5O. The second kappa shape index (κ2) is 8.71. The molecule has 3 aromatic rings. The van der Waals surface area contributed by atoms with E-state index in [1.807, 2.05) is 24.3 Å². The quantitative estimate of drug-likeness (QED) is 0.630. The number of aromatic nitrogens is 2. The standard InChI is InChI=1S/C24H29N5O/c1-24(2,3)28-23-26-21(18-7-5-4-6-8-18)17-22(27-23)25-19-9-11-20(12-10-19)29-13-15-30-16-14-29/h4-12,17H,13-16H2,1-3H3,(H2,25,26,27,28). The zero-order valence-corrected chi connectivity index (χ0v) is 17.9. The highest BCUT2D eigenvalue weighted by atomic mass is 16.5. The van der Waals surface area contributed by atoms with Gasteiger partial charge in [-0.2, -0.15) is 4.98 Å². The van der Waals surface area contributed by atoms with Crippen molar-refractivity contribution in [3.63, 3.8) is 0 Å². The highest BCUT2D eigenvalue weighted by Crippen LogP contribution is 2.26. The fraction of sp³-hybridized carbons (Fsp3) is 0.333. The normalized spacial score (nSPS) is 14.4. The Bertz CT molecular complexity index is 961. The van der Waals surface area contributed by atoms with Gasteiger partial charge in [-0.1, -0.05) is 30.3 Å². The molecule has 156 valence electrons. The van der Waals surface area contributed by atoms with Crippen molar-refractivity contribution in [1.82, 2.24) is 9.97 Å². The van der Waals surface area contributed by atoms with Crippen LogP contribution in [-0.2, 0) is 4.74 Å². The average molecular weight is 404 g/mol. The fourth-order valence-corrected chi connectivity index (χ4v) is 3.38. The molecule has 0 bridgehead atoms. The number of rotatable bonds is 5. The molecule has 6 nitrogen and oxygen atoms in total. The smallest absolute Gasteiger partial charge is 0.225 e. The van der Waals surface area contributed by atoms with Crippen LogP contribution in [0.1, 0.15) is 20.8 Å². The van der Waals surface area contributed by atoms with Crippen molar-refractivity contribution in [3.05, 3.63) is 60.7 Å². The molecule has 1 saturated heterocycles. The van der Waals surface area contributed by atoms with Crippen LogP contribution >= 0.6 is 0 Å². The molecule has 1 aliphatic rings. The van der Waals surface area contributed by atoms with Gasteiger partial charge in [0.25, 0.3) is 0 Å². The summed E-state index contributed by atoms with van der Waals surface area (Å²) in [6.07, 6.45) is 0. The number of anilines is 4. The summed E-state index contributed by atoms with van der Waals surface area (Å²) in [5, 5.41) is 6.82. The predicted octanol–water partition coefficient (Wildman–Crippen LogP) is 4.93. The zero-order chi connectivity index (χ0) is 21.0. The number of hydrogen-bond acceptors (Lipinski definition) is 6. The molecule has 2 aromatic carbocycles. The van der Waals surface area contributed by atoms with E-state index < -0.39 is 0 Å². The number of benzene rings is 2. The summed E-state index contributed by atoms with van der Waals surface area (Å²) in [7, 11) is 0. The molecule has 4 rings (SSSR count). The van der Waals surface area contributed by atoms with Crippen LogP contribution in [0.25, 0.3) is 11.3 Å². The first kappa shape index (κ1) is 20.2. The van der Waals surface area contributed by atoms with E-state index in [1.165, 1.54) is 5.69 Å². The van der Waals surface area contributed by atoms with Crippen molar-refractivity contribution >= 4 is 23.1 Å². The molecule has 0 spiro atoms. The lowest BCUT2D eigenvalue weighted by Crippen LogP contribution is -2.36. The van der Waals surface area contributed by atoms with Crippen molar-refractivity contribution in [2.24, 2.45) is 0 Å². The Balaban J connectivity index is 1.58. The van der Waals surface area contributed by atoms with Gasteiger partial charge >= 0.3 is 0 Å². The largest absolute Gasteiger partial charge is 0.378 e. The van der Waals surface area contributed by atoms with Crippen molar-refractivity contribution < 1.29 is 4.74 Å². The third-order valence-corrected chi connectivity index (χ3v) is 4.80. The molecule has 0 radical (unpaired) electrons. The van der Waals surface area contributed by atoms with Crippen molar-refractivity contribution in [3.8, 4) is 11.3 Å². The molecule has 0 saturated carbocycles. The maximum Gasteiger partial charge on any atom is 0.225 e. The molecule has 1 aliphatic heterocycles. The lowest BCUT2D eigenvalue weighted by molar-refractivity contribution is 0.122. The van der Waals surface area contributed by atoms with E-state index in [9.17, 15) is 0 Å². The van der Waals surface area contributed by atoms with Gasteiger partial charge in [0.05, 0.1) is 18.9 Å².